The average Bonchev–Trinajstić information content (AvgIpc) is 1.76. The van der Waals surface area contributed by atoms with E-state index in [1.165, 1.54) is 0 Å². The van der Waals surface area contributed by atoms with Crippen LogP contribution in [-0.4, -0.2) is 4.98 Å². The molecular formula is C3H3CoNS. The summed E-state index contributed by atoms with van der Waals surface area (Å²) >= 11 is 1.60. The molecule has 0 aliphatic rings. The van der Waals surface area contributed by atoms with Gasteiger partial charge in [-0.3, -0.25) is 4.98 Å². The fourth-order valence-electron chi connectivity index (χ4n) is 0.176. The minimum Gasteiger partial charge on any atom is -0.253 e. The molecule has 0 fully saturated rings. The summed E-state index contributed by atoms with van der Waals surface area (Å²) < 4.78 is 0. The number of aromatic nitrogens is 1. The first-order valence-electron chi connectivity index (χ1n) is 1.32. The standard InChI is InChI=1S/C3H3NS.Co/c1-2-5-3-4-1;/h1-3H;. The maximum atomic E-state index is 3.74. The quantitative estimate of drug-likeness (QED) is 0.532. The van der Waals surface area contributed by atoms with Crippen molar-refractivity contribution in [3.05, 3.63) is 17.1 Å². The first-order valence-corrected chi connectivity index (χ1v) is 2.26. The Morgan fingerprint density at radius 1 is 1.50 bits per heavy atom. The van der Waals surface area contributed by atoms with Crippen molar-refractivity contribution in [1.82, 2.24) is 4.98 Å². The van der Waals surface area contributed by atoms with E-state index in [0.29, 0.717) is 0 Å². The van der Waals surface area contributed by atoms with Crippen LogP contribution in [0.25, 0.3) is 0 Å². The maximum absolute atomic E-state index is 3.74. The number of hydrogen-bond donors (Lipinski definition) is 0. The van der Waals surface area contributed by atoms with Gasteiger partial charge in [0.1, 0.15) is 0 Å². The van der Waals surface area contributed by atoms with Crippen LogP contribution in [0.2, 0.25) is 0 Å². The van der Waals surface area contributed by atoms with Crippen molar-refractivity contribution in [3.63, 3.8) is 0 Å². The average molecular weight is 144 g/mol. The van der Waals surface area contributed by atoms with Gasteiger partial charge in [0.15, 0.2) is 0 Å². The van der Waals surface area contributed by atoms with Crippen molar-refractivity contribution in [1.29, 1.82) is 0 Å². The van der Waals surface area contributed by atoms with E-state index in [2.05, 4.69) is 4.98 Å². The van der Waals surface area contributed by atoms with Gasteiger partial charge in [-0.25, -0.2) is 0 Å². The summed E-state index contributed by atoms with van der Waals surface area (Å²) in [6.45, 7) is 0. The molecule has 0 N–H and O–H groups in total. The van der Waals surface area contributed by atoms with E-state index >= 15 is 0 Å². The SMILES string of the molecule is [Co].c1cscn1. The molecule has 0 unspecified atom stereocenters. The second-order valence-electron chi connectivity index (χ2n) is 0.676. The van der Waals surface area contributed by atoms with Gasteiger partial charge in [0.05, 0.1) is 5.51 Å². The van der Waals surface area contributed by atoms with Crippen LogP contribution in [0.15, 0.2) is 17.1 Å². The first-order chi connectivity index (χ1) is 2.50. The minimum absolute atomic E-state index is 0. The van der Waals surface area contributed by atoms with E-state index in [1.807, 2.05) is 5.38 Å². The van der Waals surface area contributed by atoms with Crippen LogP contribution in [0.4, 0.5) is 0 Å². The molecule has 6 heavy (non-hydrogen) atoms. The Morgan fingerprint density at radius 3 is 2.50 bits per heavy atom. The number of nitrogens with zero attached hydrogens (tertiary/aromatic N) is 1. The zero-order valence-electron chi connectivity index (χ0n) is 2.92. The first kappa shape index (κ1) is 6.14. The Kier molecular flexibility index (Phi) is 3.41. The maximum Gasteiger partial charge on any atom is 0.0791 e. The van der Waals surface area contributed by atoms with Gasteiger partial charge < -0.3 is 0 Å². The summed E-state index contributed by atoms with van der Waals surface area (Å²) in [5.74, 6) is 0. The van der Waals surface area contributed by atoms with Gasteiger partial charge >= 0.3 is 0 Å². The van der Waals surface area contributed by atoms with Crippen molar-refractivity contribution in [2.24, 2.45) is 0 Å². The van der Waals surface area contributed by atoms with Crippen LogP contribution in [-0.2, 0) is 16.8 Å². The second-order valence-corrected chi connectivity index (χ2v) is 1.43. The van der Waals surface area contributed by atoms with E-state index in [0.717, 1.165) is 0 Å². The van der Waals surface area contributed by atoms with Crippen LogP contribution in [0.3, 0.4) is 0 Å². The summed E-state index contributed by atoms with van der Waals surface area (Å²) in [5.41, 5.74) is 1.79. The zero-order valence-corrected chi connectivity index (χ0v) is 4.78. The van der Waals surface area contributed by atoms with Crippen molar-refractivity contribution in [2.75, 3.05) is 0 Å². The molecule has 0 saturated carbocycles. The molecule has 1 heterocycles. The largest absolute Gasteiger partial charge is 0.253 e. The fraction of sp³-hybridized carbons (Fsp3) is 0. The van der Waals surface area contributed by atoms with Crippen molar-refractivity contribution in [3.8, 4) is 0 Å². The van der Waals surface area contributed by atoms with Crippen molar-refractivity contribution < 1.29 is 16.8 Å². The topological polar surface area (TPSA) is 12.9 Å². The van der Waals surface area contributed by atoms with Gasteiger partial charge in [-0.1, -0.05) is 0 Å². The molecule has 1 nitrogen and oxygen atoms in total. The molecular weight excluding hydrogens is 141 g/mol. The van der Waals surface area contributed by atoms with E-state index in [1.54, 1.807) is 23.0 Å². The molecule has 0 aliphatic heterocycles. The molecule has 0 spiro atoms. The smallest absolute Gasteiger partial charge is 0.0791 e. The number of rotatable bonds is 0. The molecule has 0 saturated heterocycles. The predicted molar refractivity (Wildman–Crippen MR) is 22.1 cm³/mol. The Balaban J connectivity index is 0.000000250. The van der Waals surface area contributed by atoms with Crippen LogP contribution < -0.4 is 0 Å². The van der Waals surface area contributed by atoms with Gasteiger partial charge in [0, 0.05) is 28.4 Å². The van der Waals surface area contributed by atoms with Gasteiger partial charge in [0.25, 0.3) is 0 Å². The predicted octanol–water partition coefficient (Wildman–Crippen LogP) is 1.14. The Hall–Kier alpha value is 0.136. The van der Waals surface area contributed by atoms with Gasteiger partial charge in [-0.05, 0) is 0 Å². The molecule has 0 amide bonds. The molecule has 35 valence electrons. The molecule has 0 atom stereocenters. The Bertz CT molecular complexity index is 67.3. The Morgan fingerprint density at radius 2 is 2.33 bits per heavy atom. The van der Waals surface area contributed by atoms with E-state index in [-0.39, 0.29) is 16.8 Å². The number of hydrogen-bond acceptors (Lipinski definition) is 2. The fourth-order valence-corrected chi connectivity index (χ4v) is 0.527. The van der Waals surface area contributed by atoms with Crippen LogP contribution >= 0.6 is 11.3 Å². The third-order valence-electron chi connectivity index (χ3n) is 0.347. The number of thiazole rings is 1. The monoisotopic (exact) mass is 144 g/mol. The molecule has 0 aliphatic carbocycles. The summed E-state index contributed by atoms with van der Waals surface area (Å²) in [5, 5.41) is 1.93. The third-order valence-corrected chi connectivity index (χ3v) is 0.869. The van der Waals surface area contributed by atoms with Crippen molar-refractivity contribution >= 4 is 11.3 Å². The molecule has 0 bridgehead atoms. The summed E-state index contributed by atoms with van der Waals surface area (Å²) in [6, 6.07) is 0. The second kappa shape index (κ2) is 3.33. The van der Waals surface area contributed by atoms with Crippen LogP contribution in [0, 0.1) is 0 Å². The summed E-state index contributed by atoms with van der Waals surface area (Å²) in [6.07, 6.45) is 1.77. The van der Waals surface area contributed by atoms with Gasteiger partial charge in [0.2, 0.25) is 0 Å². The van der Waals surface area contributed by atoms with Gasteiger partial charge in [-0.2, -0.15) is 0 Å². The molecule has 1 rings (SSSR count). The summed E-state index contributed by atoms with van der Waals surface area (Å²) in [7, 11) is 0. The molecule has 1 aromatic rings. The summed E-state index contributed by atoms with van der Waals surface area (Å²) in [4.78, 5) is 3.74. The molecule has 1 radical (unpaired) electrons. The van der Waals surface area contributed by atoms with E-state index in [9.17, 15) is 0 Å². The van der Waals surface area contributed by atoms with Crippen LogP contribution in [0.1, 0.15) is 0 Å². The minimum atomic E-state index is 0. The normalized spacial score (nSPS) is 6.67. The van der Waals surface area contributed by atoms with E-state index < -0.39 is 0 Å². The van der Waals surface area contributed by atoms with Crippen LogP contribution in [0.5, 0.6) is 0 Å². The molecule has 1 aromatic heterocycles. The van der Waals surface area contributed by atoms with Gasteiger partial charge in [-0.15, -0.1) is 11.3 Å². The van der Waals surface area contributed by atoms with Crippen molar-refractivity contribution in [2.45, 2.75) is 0 Å². The third kappa shape index (κ3) is 1.54. The molecule has 3 heteroatoms. The Labute approximate surface area is 50.6 Å². The van der Waals surface area contributed by atoms with E-state index in [4.69, 9.17) is 0 Å². The zero-order chi connectivity index (χ0) is 3.54. The molecule has 0 aromatic carbocycles.